The molecule has 0 aliphatic carbocycles. The van der Waals surface area contributed by atoms with E-state index in [-0.39, 0.29) is 61.1 Å². The minimum absolute atomic E-state index is 0. The van der Waals surface area contributed by atoms with Gasteiger partial charge in [0.15, 0.2) is 0 Å². The molecular weight excluding hydrogens is 683 g/mol. The average molecular weight is 735 g/mol. The summed E-state index contributed by atoms with van der Waals surface area (Å²) in [6.07, 6.45) is 6.62. The van der Waals surface area contributed by atoms with Crippen LogP contribution in [0.3, 0.4) is 0 Å². The van der Waals surface area contributed by atoms with Gasteiger partial charge in [-0.1, -0.05) is 79.4 Å². The molecule has 4 aromatic rings. The third-order valence-electron chi connectivity index (χ3n) is 10.1. The monoisotopic (exact) mass is 732 g/mol. The van der Waals surface area contributed by atoms with E-state index in [0.29, 0.717) is 0 Å². The van der Waals surface area contributed by atoms with E-state index in [4.69, 9.17) is 8.85 Å². The average Bonchev–Trinajstić information content (AvgIpc) is 3.38. The quantitative estimate of drug-likeness (QED) is 0.133. The van der Waals surface area contributed by atoms with Crippen molar-refractivity contribution in [1.82, 2.24) is 0 Å². The Morgan fingerprint density at radius 2 is 0.930 bits per heavy atom. The Kier molecular flexibility index (Phi) is 14.6. The number of halogens is 2. The second-order valence-corrected chi connectivity index (χ2v) is 23.3. The smallest absolute Gasteiger partial charge is 1.00 e. The summed E-state index contributed by atoms with van der Waals surface area (Å²) < 4.78 is 14.2. The topological polar surface area (TPSA) is 18.5 Å². The van der Waals surface area contributed by atoms with Crippen molar-refractivity contribution in [3.8, 4) is 11.5 Å². The third kappa shape index (κ3) is 8.50. The zero-order valence-corrected chi connectivity index (χ0v) is 34.1. The van der Waals surface area contributed by atoms with Crippen LogP contribution in [0.15, 0.2) is 60.7 Å². The summed E-state index contributed by atoms with van der Waals surface area (Å²) in [6.45, 7) is 23.7. The van der Waals surface area contributed by atoms with Gasteiger partial charge in [0.25, 0.3) is 0 Å². The van der Waals surface area contributed by atoms with Crippen LogP contribution in [0, 0.1) is 0 Å². The Hall–Kier alpha value is -0.843. The first kappa shape index (κ1) is 40.2. The van der Waals surface area contributed by atoms with E-state index in [1.165, 1.54) is 58.4 Å². The molecule has 0 radical (unpaired) electrons. The second kappa shape index (κ2) is 15.6. The zero-order chi connectivity index (χ0) is 29.3. The molecule has 0 unspecified atom stereocenters. The fourth-order valence-electron chi connectivity index (χ4n) is 6.14. The summed E-state index contributed by atoms with van der Waals surface area (Å²) in [5.74, 6) is 2.19. The van der Waals surface area contributed by atoms with E-state index in [1.54, 1.807) is 0 Å². The van der Waals surface area contributed by atoms with E-state index < -0.39 is 16.6 Å². The van der Waals surface area contributed by atoms with Crippen molar-refractivity contribution in [2.45, 2.75) is 116 Å². The molecule has 0 bridgehead atoms. The standard InChI is InChI=1S/C36H52O2Si2.2ClH.Zr/c1-11-23-35(3,4)39(7,8)37-33-25-27-17-13-15-19-29(27)31(33)21-22-32-30-20-16-14-18-28(30)26-34(32)38-40(9,10)36(5,6)24-12-2;;;/h13-20,25-26H,11-12,21-24H2,1-10H3;2*1H;/q-2;;;+4/p-2. The van der Waals surface area contributed by atoms with Gasteiger partial charge < -0.3 is 33.7 Å². The van der Waals surface area contributed by atoms with Gasteiger partial charge in [-0.2, -0.15) is 0 Å². The molecule has 0 amide bonds. The van der Waals surface area contributed by atoms with Gasteiger partial charge >= 0.3 is 26.2 Å². The molecule has 0 N–H and O–H groups in total. The van der Waals surface area contributed by atoms with Crippen LogP contribution in [0.25, 0.3) is 21.5 Å². The van der Waals surface area contributed by atoms with Crippen LogP contribution in [0.4, 0.5) is 0 Å². The van der Waals surface area contributed by atoms with Crippen molar-refractivity contribution in [3.63, 3.8) is 0 Å². The van der Waals surface area contributed by atoms with Crippen molar-refractivity contribution >= 4 is 38.2 Å². The van der Waals surface area contributed by atoms with Gasteiger partial charge in [-0.05, 0) is 49.1 Å². The van der Waals surface area contributed by atoms with Crippen molar-refractivity contribution in [2.24, 2.45) is 0 Å². The normalized spacial score (nSPS) is 12.4. The van der Waals surface area contributed by atoms with Crippen molar-refractivity contribution in [2.75, 3.05) is 0 Å². The first-order chi connectivity index (χ1) is 18.7. The molecule has 0 aliphatic heterocycles. The van der Waals surface area contributed by atoms with Crippen LogP contribution in [-0.4, -0.2) is 16.6 Å². The van der Waals surface area contributed by atoms with E-state index in [1.807, 2.05) is 0 Å². The van der Waals surface area contributed by atoms with Crippen LogP contribution in [0.2, 0.25) is 36.3 Å². The molecule has 4 aromatic carbocycles. The van der Waals surface area contributed by atoms with Crippen molar-refractivity contribution in [3.05, 3.63) is 71.8 Å². The number of hydrogen-bond donors (Lipinski definition) is 0. The summed E-state index contributed by atoms with van der Waals surface area (Å²) in [6, 6.07) is 22.2. The third-order valence-corrected chi connectivity index (χ3v) is 18.6. The molecule has 43 heavy (non-hydrogen) atoms. The Morgan fingerprint density at radius 1 is 0.605 bits per heavy atom. The maximum atomic E-state index is 7.09. The molecule has 0 fully saturated rings. The van der Waals surface area contributed by atoms with Gasteiger partial charge in [0.05, 0.1) is 0 Å². The minimum atomic E-state index is -2.02. The summed E-state index contributed by atoms with van der Waals surface area (Å²) in [5, 5.41) is 5.62. The molecule has 0 atom stereocenters. The van der Waals surface area contributed by atoms with E-state index in [0.717, 1.165) is 24.3 Å². The van der Waals surface area contributed by atoms with Gasteiger partial charge in [-0.15, -0.1) is 81.2 Å². The summed E-state index contributed by atoms with van der Waals surface area (Å²) in [7, 11) is -4.03. The maximum absolute atomic E-state index is 7.09. The number of benzene rings is 2. The number of rotatable bonds is 13. The first-order valence-electron chi connectivity index (χ1n) is 15.5. The molecule has 4 rings (SSSR count). The summed E-state index contributed by atoms with van der Waals surface area (Å²) >= 11 is 0. The predicted octanol–water partition coefficient (Wildman–Crippen LogP) is 5.55. The zero-order valence-electron chi connectivity index (χ0n) is 28.1. The number of hydrogen-bond acceptors (Lipinski definition) is 2. The van der Waals surface area contributed by atoms with Gasteiger partial charge in [0.2, 0.25) is 16.6 Å². The van der Waals surface area contributed by atoms with Gasteiger partial charge in [-0.25, -0.2) is 0 Å². The molecule has 0 saturated heterocycles. The Balaban J connectivity index is 0.00000308. The minimum Gasteiger partial charge on any atom is -1.00 e. The van der Waals surface area contributed by atoms with Crippen LogP contribution in [0.5, 0.6) is 11.5 Å². The molecule has 0 spiro atoms. The number of fused-ring (bicyclic) bond motifs is 2. The summed E-state index contributed by atoms with van der Waals surface area (Å²) in [5.41, 5.74) is 2.70. The SMILES string of the molecule is CCCC(C)(C)[Si](C)(C)Oc1[cH-]c2ccccc2c1CCc1c(O[Si](C)(C)C(C)(C)CCC)[cH-]c2ccccc12.[Cl-].[Cl-].[Zr+4]. The van der Waals surface area contributed by atoms with Gasteiger partial charge in [0, 0.05) is 11.5 Å². The molecule has 234 valence electrons. The van der Waals surface area contributed by atoms with E-state index >= 15 is 0 Å². The van der Waals surface area contributed by atoms with E-state index in [2.05, 4.69) is 128 Å². The Bertz CT molecular complexity index is 1340. The molecule has 0 aliphatic rings. The van der Waals surface area contributed by atoms with Crippen LogP contribution < -0.4 is 33.7 Å². The Morgan fingerprint density at radius 3 is 1.26 bits per heavy atom. The molecule has 2 nitrogen and oxygen atoms in total. The van der Waals surface area contributed by atoms with E-state index in [9.17, 15) is 0 Å². The van der Waals surface area contributed by atoms with Crippen LogP contribution in [0.1, 0.15) is 78.4 Å². The van der Waals surface area contributed by atoms with Gasteiger partial charge in [0.1, 0.15) is 0 Å². The molecule has 0 aromatic heterocycles. The van der Waals surface area contributed by atoms with Crippen LogP contribution >= 0.6 is 0 Å². The summed E-state index contributed by atoms with van der Waals surface area (Å²) in [4.78, 5) is 0. The second-order valence-electron chi connectivity index (χ2n) is 14.1. The fourth-order valence-corrected chi connectivity index (χ4v) is 9.86. The maximum Gasteiger partial charge on any atom is 4.00 e. The first-order valence-corrected chi connectivity index (χ1v) is 21.3. The van der Waals surface area contributed by atoms with Crippen molar-refractivity contribution in [1.29, 1.82) is 0 Å². The predicted molar refractivity (Wildman–Crippen MR) is 181 cm³/mol. The molecule has 0 saturated carbocycles. The van der Waals surface area contributed by atoms with Crippen LogP contribution in [-0.2, 0) is 39.0 Å². The van der Waals surface area contributed by atoms with Crippen molar-refractivity contribution < 1.29 is 59.9 Å². The van der Waals surface area contributed by atoms with Gasteiger partial charge in [-0.3, -0.25) is 0 Å². The molecule has 0 heterocycles. The molecule has 7 heteroatoms. The number of aryl methyl sites for hydroxylation is 2. The molecular formula is C36H52Cl2O2Si2Zr. The Labute approximate surface area is 295 Å². The fraction of sp³-hybridized carbons (Fsp3) is 0.500. The largest absolute Gasteiger partial charge is 4.00 e.